The van der Waals surface area contributed by atoms with Crippen LogP contribution >= 0.6 is 0 Å². The summed E-state index contributed by atoms with van der Waals surface area (Å²) < 4.78 is 80.3. The van der Waals surface area contributed by atoms with E-state index in [1.54, 1.807) is 49.4 Å². The molecule has 0 N–H and O–H groups in total. The Morgan fingerprint density at radius 1 is 0.800 bits per heavy atom. The van der Waals surface area contributed by atoms with Gasteiger partial charge in [0.2, 0.25) is 0 Å². The first-order valence-corrected chi connectivity index (χ1v) is 10.7. The molecule has 1 amide bonds. The maximum atomic E-state index is 13.5. The Bertz CT molecular complexity index is 1120. The van der Waals surface area contributed by atoms with Gasteiger partial charge in [-0.25, -0.2) is 0 Å². The van der Waals surface area contributed by atoms with E-state index >= 15 is 0 Å². The Balaban J connectivity index is 2.08. The summed E-state index contributed by atoms with van der Waals surface area (Å²) >= 11 is 0. The van der Waals surface area contributed by atoms with Gasteiger partial charge < -0.3 is 9.80 Å². The van der Waals surface area contributed by atoms with Crippen LogP contribution in [0.1, 0.15) is 45.6 Å². The molecule has 3 nitrogen and oxygen atoms in total. The minimum Gasteiger partial charge on any atom is -0.378 e. The highest BCUT2D eigenvalue weighted by Gasteiger charge is 2.38. The molecule has 0 saturated carbocycles. The van der Waals surface area contributed by atoms with Gasteiger partial charge >= 0.3 is 12.4 Å². The molecule has 1 unspecified atom stereocenters. The van der Waals surface area contributed by atoms with E-state index in [-0.39, 0.29) is 12.6 Å². The van der Waals surface area contributed by atoms with Crippen molar-refractivity contribution in [1.29, 1.82) is 0 Å². The second-order valence-electron chi connectivity index (χ2n) is 8.38. The smallest absolute Gasteiger partial charge is 0.378 e. The number of benzene rings is 3. The van der Waals surface area contributed by atoms with Crippen LogP contribution in [0.5, 0.6) is 0 Å². The number of halogens is 6. The first-order valence-electron chi connectivity index (χ1n) is 10.7. The van der Waals surface area contributed by atoms with Crippen LogP contribution in [-0.2, 0) is 18.9 Å². The zero-order chi connectivity index (χ0) is 26.0. The fourth-order valence-corrected chi connectivity index (χ4v) is 3.64. The van der Waals surface area contributed by atoms with Gasteiger partial charge in [0.1, 0.15) is 0 Å². The number of nitrogens with zero attached hydrogens (tertiary/aromatic N) is 2. The zero-order valence-corrected chi connectivity index (χ0v) is 19.3. The van der Waals surface area contributed by atoms with E-state index in [0.717, 1.165) is 5.69 Å². The monoisotopic (exact) mass is 494 g/mol. The summed E-state index contributed by atoms with van der Waals surface area (Å²) in [6, 6.07) is 16.2. The van der Waals surface area contributed by atoms with Gasteiger partial charge in [-0.15, -0.1) is 0 Å². The highest BCUT2D eigenvalue weighted by molar-refractivity contribution is 5.95. The van der Waals surface area contributed by atoms with E-state index in [0.29, 0.717) is 23.3 Å². The van der Waals surface area contributed by atoms with Crippen LogP contribution in [0.15, 0.2) is 72.8 Å². The van der Waals surface area contributed by atoms with Gasteiger partial charge in [-0.05, 0) is 48.4 Å². The second-order valence-corrected chi connectivity index (χ2v) is 8.38. The Hall–Kier alpha value is -3.49. The van der Waals surface area contributed by atoms with Crippen molar-refractivity contribution in [3.63, 3.8) is 0 Å². The molecule has 0 saturated heterocycles. The molecular weight excluding hydrogens is 470 g/mol. The van der Waals surface area contributed by atoms with Gasteiger partial charge in [0, 0.05) is 31.9 Å². The van der Waals surface area contributed by atoms with Crippen LogP contribution in [0.25, 0.3) is 0 Å². The molecule has 0 bridgehead atoms. The van der Waals surface area contributed by atoms with Crippen LogP contribution in [-0.4, -0.2) is 24.9 Å². The SMILES string of the molecule is CC(c1ccccc1)N(Cc1ccc(N(C)C)cc1)C(=O)c1cc(C(F)(F)F)cc(C(F)(F)F)c1. The first-order chi connectivity index (χ1) is 16.3. The molecule has 186 valence electrons. The lowest BCUT2D eigenvalue weighted by Crippen LogP contribution is -2.33. The number of hydrogen-bond acceptors (Lipinski definition) is 2. The normalized spacial score (nSPS) is 12.8. The molecule has 9 heteroatoms. The minimum atomic E-state index is -5.05. The lowest BCUT2D eigenvalue weighted by molar-refractivity contribution is -0.143. The van der Waals surface area contributed by atoms with Gasteiger partial charge in [-0.2, -0.15) is 26.3 Å². The molecule has 0 spiro atoms. The molecule has 0 aliphatic rings. The van der Waals surface area contributed by atoms with E-state index in [2.05, 4.69) is 0 Å². The molecular formula is C26H24F6N2O. The molecule has 3 aromatic rings. The van der Waals surface area contributed by atoms with Crippen molar-refractivity contribution < 1.29 is 31.1 Å². The van der Waals surface area contributed by atoms with Gasteiger partial charge in [0.25, 0.3) is 5.91 Å². The first kappa shape index (κ1) is 26.1. The highest BCUT2D eigenvalue weighted by atomic mass is 19.4. The fraction of sp³-hybridized carbons (Fsp3) is 0.269. The largest absolute Gasteiger partial charge is 0.416 e. The Kier molecular flexibility index (Phi) is 7.47. The number of alkyl halides is 6. The van der Waals surface area contributed by atoms with Crippen molar-refractivity contribution in [3.8, 4) is 0 Å². The molecule has 0 heterocycles. The predicted octanol–water partition coefficient (Wildman–Crippen LogP) is 7.19. The summed E-state index contributed by atoms with van der Waals surface area (Å²) in [6.07, 6.45) is -10.1. The van der Waals surface area contributed by atoms with Crippen molar-refractivity contribution in [3.05, 3.63) is 101 Å². The van der Waals surface area contributed by atoms with E-state index in [9.17, 15) is 31.1 Å². The Labute approximate surface area is 199 Å². The van der Waals surface area contributed by atoms with Crippen molar-refractivity contribution in [1.82, 2.24) is 4.90 Å². The lowest BCUT2D eigenvalue weighted by atomic mass is 10.0. The summed E-state index contributed by atoms with van der Waals surface area (Å²) in [7, 11) is 3.71. The molecule has 35 heavy (non-hydrogen) atoms. The van der Waals surface area contributed by atoms with Crippen LogP contribution in [0.3, 0.4) is 0 Å². The second kappa shape index (κ2) is 10.0. The van der Waals surface area contributed by atoms with Gasteiger partial charge in [0.15, 0.2) is 0 Å². The van der Waals surface area contributed by atoms with E-state index in [1.807, 2.05) is 31.1 Å². The maximum Gasteiger partial charge on any atom is 0.416 e. The molecule has 3 aromatic carbocycles. The van der Waals surface area contributed by atoms with Crippen molar-refractivity contribution in [2.45, 2.75) is 31.9 Å². The molecule has 0 aromatic heterocycles. The lowest BCUT2D eigenvalue weighted by Gasteiger charge is -2.30. The van der Waals surface area contributed by atoms with Crippen LogP contribution in [0, 0.1) is 0 Å². The van der Waals surface area contributed by atoms with E-state index in [1.165, 1.54) is 4.90 Å². The topological polar surface area (TPSA) is 23.6 Å². The number of carbonyl (C=O) groups excluding carboxylic acids is 1. The number of amides is 1. The highest BCUT2D eigenvalue weighted by Crippen LogP contribution is 2.37. The quantitative estimate of drug-likeness (QED) is 0.339. The molecule has 0 fully saturated rings. The van der Waals surface area contributed by atoms with Gasteiger partial charge in [-0.1, -0.05) is 42.5 Å². The fourth-order valence-electron chi connectivity index (χ4n) is 3.64. The minimum absolute atomic E-state index is 0.0137. The van der Waals surface area contributed by atoms with Crippen LogP contribution < -0.4 is 4.90 Å². The number of carbonyl (C=O) groups is 1. The number of hydrogen-bond donors (Lipinski definition) is 0. The summed E-state index contributed by atoms with van der Waals surface area (Å²) in [5, 5.41) is 0. The number of rotatable bonds is 6. The molecule has 3 rings (SSSR count). The summed E-state index contributed by atoms with van der Waals surface area (Å²) in [6.45, 7) is 1.67. The summed E-state index contributed by atoms with van der Waals surface area (Å²) in [4.78, 5) is 16.6. The maximum absolute atomic E-state index is 13.5. The summed E-state index contributed by atoms with van der Waals surface area (Å²) in [5.74, 6) is -0.936. The molecule has 0 aliphatic carbocycles. The van der Waals surface area contributed by atoms with E-state index in [4.69, 9.17) is 0 Å². The standard InChI is InChI=1S/C26H24F6N2O/c1-17(19-7-5-4-6-8-19)34(16-18-9-11-23(12-10-18)33(2)3)24(35)20-13-21(25(27,28)29)15-22(14-20)26(30,31)32/h4-15,17H,16H2,1-3H3. The number of anilines is 1. The average Bonchev–Trinajstić information content (AvgIpc) is 2.81. The van der Waals surface area contributed by atoms with Crippen LogP contribution in [0.4, 0.5) is 32.0 Å². The molecule has 0 aliphatic heterocycles. The van der Waals surface area contributed by atoms with Crippen molar-refractivity contribution >= 4 is 11.6 Å². The van der Waals surface area contributed by atoms with Crippen molar-refractivity contribution in [2.24, 2.45) is 0 Å². The average molecular weight is 494 g/mol. The Morgan fingerprint density at radius 3 is 1.77 bits per heavy atom. The van der Waals surface area contributed by atoms with E-state index < -0.39 is 41.0 Å². The molecule has 0 radical (unpaired) electrons. The zero-order valence-electron chi connectivity index (χ0n) is 19.3. The molecule has 1 atom stereocenters. The Morgan fingerprint density at radius 2 is 1.31 bits per heavy atom. The predicted molar refractivity (Wildman–Crippen MR) is 122 cm³/mol. The third-order valence-electron chi connectivity index (χ3n) is 5.65. The third kappa shape index (κ3) is 6.35. The van der Waals surface area contributed by atoms with Crippen molar-refractivity contribution in [2.75, 3.05) is 19.0 Å². The summed E-state index contributed by atoms with van der Waals surface area (Å²) in [5.41, 5.74) is -1.48. The van der Waals surface area contributed by atoms with Crippen LogP contribution in [0.2, 0.25) is 0 Å². The van der Waals surface area contributed by atoms with Gasteiger partial charge in [0.05, 0.1) is 17.2 Å². The van der Waals surface area contributed by atoms with Gasteiger partial charge in [-0.3, -0.25) is 4.79 Å². The third-order valence-corrected chi connectivity index (χ3v) is 5.65.